The van der Waals surface area contributed by atoms with Crippen molar-refractivity contribution >= 4 is 17.7 Å². The van der Waals surface area contributed by atoms with Crippen molar-refractivity contribution in [3.63, 3.8) is 0 Å². The summed E-state index contributed by atoms with van der Waals surface area (Å²) in [5.41, 5.74) is 3.30. The highest BCUT2D eigenvalue weighted by atomic mass is 16.4. The van der Waals surface area contributed by atoms with E-state index in [1.807, 2.05) is 23.1 Å². The number of rotatable bonds is 1. The smallest absolute Gasteiger partial charge is 0.322 e. The summed E-state index contributed by atoms with van der Waals surface area (Å²) < 4.78 is 0. The van der Waals surface area contributed by atoms with Crippen molar-refractivity contribution in [2.75, 3.05) is 11.9 Å². The molecule has 1 aromatic heterocycles. The second kappa shape index (κ2) is 7.93. The predicted octanol–water partition coefficient (Wildman–Crippen LogP) is 2.76. The molecule has 0 radical (unpaired) electrons. The van der Waals surface area contributed by atoms with Gasteiger partial charge in [0.1, 0.15) is 0 Å². The molecule has 0 spiro atoms. The fraction of sp³-hybridized carbons (Fsp3) is 0.235. The number of aliphatic carboxylic acids is 1. The molecule has 0 bridgehead atoms. The van der Waals surface area contributed by atoms with Gasteiger partial charge in [-0.2, -0.15) is 0 Å². The molecule has 6 heteroatoms. The molecule has 2 aromatic rings. The number of hydrogen-bond donors (Lipinski definition) is 2. The lowest BCUT2D eigenvalue weighted by atomic mass is 10.0. The monoisotopic (exact) mass is 313 g/mol. The van der Waals surface area contributed by atoms with E-state index >= 15 is 0 Å². The minimum absolute atomic E-state index is 0.0671. The van der Waals surface area contributed by atoms with Gasteiger partial charge in [0.2, 0.25) is 0 Å². The van der Waals surface area contributed by atoms with Crippen LogP contribution in [0.25, 0.3) is 0 Å². The fourth-order valence-corrected chi connectivity index (χ4v) is 2.31. The van der Waals surface area contributed by atoms with E-state index in [2.05, 4.69) is 22.4 Å². The highest BCUT2D eigenvalue weighted by Gasteiger charge is 2.20. The molecule has 1 aliphatic heterocycles. The summed E-state index contributed by atoms with van der Waals surface area (Å²) >= 11 is 0. The number of aromatic nitrogens is 1. The SMILES string of the molecule is CC(=O)O.O=C(Nc1cccnc1)N1CCc2ccccc2C1. The molecule has 0 saturated carbocycles. The molecule has 0 aliphatic carbocycles. The van der Waals surface area contributed by atoms with E-state index in [0.29, 0.717) is 6.54 Å². The minimum atomic E-state index is -0.833. The first kappa shape index (κ1) is 16.5. The molecular formula is C17H19N3O3. The zero-order valence-electron chi connectivity index (χ0n) is 12.9. The van der Waals surface area contributed by atoms with E-state index < -0.39 is 5.97 Å². The Hall–Kier alpha value is -2.89. The van der Waals surface area contributed by atoms with E-state index in [1.54, 1.807) is 18.5 Å². The number of pyridine rings is 1. The van der Waals surface area contributed by atoms with Crippen molar-refractivity contribution in [1.82, 2.24) is 9.88 Å². The maximum absolute atomic E-state index is 12.2. The number of benzene rings is 1. The molecule has 1 aromatic carbocycles. The largest absolute Gasteiger partial charge is 0.481 e. The van der Waals surface area contributed by atoms with Gasteiger partial charge in [-0.25, -0.2) is 4.79 Å². The Morgan fingerprint density at radius 3 is 2.52 bits per heavy atom. The van der Waals surface area contributed by atoms with Gasteiger partial charge in [-0.3, -0.25) is 9.78 Å². The lowest BCUT2D eigenvalue weighted by molar-refractivity contribution is -0.134. The molecule has 3 rings (SSSR count). The second-order valence-electron chi connectivity index (χ2n) is 5.13. The van der Waals surface area contributed by atoms with Crippen LogP contribution in [0.4, 0.5) is 10.5 Å². The number of fused-ring (bicyclic) bond motifs is 1. The number of anilines is 1. The van der Waals surface area contributed by atoms with Gasteiger partial charge in [0.15, 0.2) is 0 Å². The molecule has 0 saturated heterocycles. The number of carbonyl (C=O) groups excluding carboxylic acids is 1. The van der Waals surface area contributed by atoms with Crippen molar-refractivity contribution in [2.45, 2.75) is 19.9 Å². The van der Waals surface area contributed by atoms with Gasteiger partial charge in [-0.05, 0) is 29.7 Å². The van der Waals surface area contributed by atoms with Gasteiger partial charge in [0.25, 0.3) is 5.97 Å². The van der Waals surface area contributed by atoms with Crippen molar-refractivity contribution < 1.29 is 14.7 Å². The Kier molecular flexibility index (Phi) is 5.68. The Bertz CT molecular complexity index is 670. The van der Waals surface area contributed by atoms with Crippen molar-refractivity contribution in [1.29, 1.82) is 0 Å². The number of carboxylic acids is 1. The van der Waals surface area contributed by atoms with Crippen LogP contribution in [0.15, 0.2) is 48.8 Å². The molecule has 0 fully saturated rings. The maximum atomic E-state index is 12.2. The maximum Gasteiger partial charge on any atom is 0.322 e. The number of amides is 2. The van der Waals surface area contributed by atoms with Crippen LogP contribution in [0.5, 0.6) is 0 Å². The summed E-state index contributed by atoms with van der Waals surface area (Å²) in [6.07, 6.45) is 4.25. The van der Waals surface area contributed by atoms with Crippen LogP contribution in [-0.4, -0.2) is 33.5 Å². The Morgan fingerprint density at radius 2 is 1.87 bits per heavy atom. The molecule has 2 N–H and O–H groups in total. The van der Waals surface area contributed by atoms with Gasteiger partial charge in [0, 0.05) is 26.2 Å². The van der Waals surface area contributed by atoms with Gasteiger partial charge in [0.05, 0.1) is 11.9 Å². The molecule has 1 aliphatic rings. The van der Waals surface area contributed by atoms with Crippen LogP contribution in [0, 0.1) is 0 Å². The van der Waals surface area contributed by atoms with Gasteiger partial charge in [-0.15, -0.1) is 0 Å². The minimum Gasteiger partial charge on any atom is -0.481 e. The van der Waals surface area contributed by atoms with E-state index in [0.717, 1.165) is 25.6 Å². The van der Waals surface area contributed by atoms with Gasteiger partial charge in [-0.1, -0.05) is 24.3 Å². The average molecular weight is 313 g/mol. The molecule has 2 heterocycles. The number of nitrogens with one attached hydrogen (secondary N) is 1. The Morgan fingerprint density at radius 1 is 1.17 bits per heavy atom. The first-order valence-corrected chi connectivity index (χ1v) is 7.28. The summed E-state index contributed by atoms with van der Waals surface area (Å²) in [5.74, 6) is -0.833. The molecular weight excluding hydrogens is 294 g/mol. The molecule has 2 amide bonds. The first-order chi connectivity index (χ1) is 11.1. The van der Waals surface area contributed by atoms with Gasteiger partial charge < -0.3 is 15.3 Å². The third-order valence-electron chi connectivity index (χ3n) is 3.33. The number of nitrogens with zero attached hydrogens (tertiary/aromatic N) is 2. The van der Waals surface area contributed by atoms with Crippen molar-refractivity contribution in [2.24, 2.45) is 0 Å². The quantitative estimate of drug-likeness (QED) is 0.848. The number of carboxylic acid groups (broad SMARTS) is 1. The van der Waals surface area contributed by atoms with Crippen LogP contribution < -0.4 is 5.32 Å². The molecule has 0 atom stereocenters. The zero-order valence-corrected chi connectivity index (χ0v) is 12.9. The van der Waals surface area contributed by atoms with E-state index in [1.165, 1.54) is 11.1 Å². The van der Waals surface area contributed by atoms with Crippen LogP contribution in [0.3, 0.4) is 0 Å². The summed E-state index contributed by atoms with van der Waals surface area (Å²) in [6, 6.07) is 11.8. The summed E-state index contributed by atoms with van der Waals surface area (Å²) in [5, 5.41) is 10.3. The molecule has 0 unspecified atom stereocenters. The molecule has 120 valence electrons. The first-order valence-electron chi connectivity index (χ1n) is 7.28. The lowest BCUT2D eigenvalue weighted by Crippen LogP contribution is -2.38. The number of hydrogen-bond acceptors (Lipinski definition) is 3. The predicted molar refractivity (Wildman–Crippen MR) is 87.1 cm³/mol. The Balaban J connectivity index is 0.000000433. The third-order valence-corrected chi connectivity index (χ3v) is 3.33. The van der Waals surface area contributed by atoms with Crippen LogP contribution in [-0.2, 0) is 17.8 Å². The van der Waals surface area contributed by atoms with Crippen LogP contribution >= 0.6 is 0 Å². The van der Waals surface area contributed by atoms with Crippen LogP contribution in [0.1, 0.15) is 18.1 Å². The molecule has 6 nitrogen and oxygen atoms in total. The number of urea groups is 1. The van der Waals surface area contributed by atoms with E-state index in [9.17, 15) is 4.79 Å². The second-order valence-corrected chi connectivity index (χ2v) is 5.13. The third kappa shape index (κ3) is 5.10. The lowest BCUT2D eigenvalue weighted by Gasteiger charge is -2.28. The highest BCUT2D eigenvalue weighted by Crippen LogP contribution is 2.19. The fourth-order valence-electron chi connectivity index (χ4n) is 2.31. The number of carbonyl (C=O) groups is 2. The topological polar surface area (TPSA) is 82.5 Å². The van der Waals surface area contributed by atoms with Gasteiger partial charge >= 0.3 is 6.03 Å². The highest BCUT2D eigenvalue weighted by molar-refractivity contribution is 5.89. The summed E-state index contributed by atoms with van der Waals surface area (Å²) in [7, 11) is 0. The standard InChI is InChI=1S/C15H15N3O.C2H4O2/c19-15(17-14-6-3-8-16-10-14)18-9-7-12-4-1-2-5-13(12)11-18;1-2(3)4/h1-6,8,10H,7,9,11H2,(H,17,19);1H3,(H,3,4). The average Bonchev–Trinajstić information content (AvgIpc) is 2.55. The van der Waals surface area contributed by atoms with Crippen molar-refractivity contribution in [3.05, 3.63) is 59.9 Å². The normalized spacial score (nSPS) is 12.5. The summed E-state index contributed by atoms with van der Waals surface area (Å²) in [4.78, 5) is 27.0. The van der Waals surface area contributed by atoms with E-state index in [4.69, 9.17) is 9.90 Å². The molecule has 23 heavy (non-hydrogen) atoms. The van der Waals surface area contributed by atoms with Crippen LogP contribution in [0.2, 0.25) is 0 Å². The zero-order chi connectivity index (χ0) is 16.7. The van der Waals surface area contributed by atoms with E-state index in [-0.39, 0.29) is 6.03 Å². The Labute approximate surface area is 134 Å². The van der Waals surface area contributed by atoms with Crippen molar-refractivity contribution in [3.8, 4) is 0 Å². The summed E-state index contributed by atoms with van der Waals surface area (Å²) in [6.45, 7) is 2.51.